The Morgan fingerprint density at radius 3 is 2.19 bits per heavy atom. The Labute approximate surface area is 140 Å². The Kier molecular flexibility index (Phi) is 6.04. The van der Waals surface area contributed by atoms with Crippen molar-refractivity contribution in [3.8, 4) is 5.75 Å². The highest BCUT2D eigenvalue weighted by Gasteiger charge is 2.10. The molecule has 0 N–H and O–H groups in total. The van der Waals surface area contributed by atoms with Crippen molar-refractivity contribution < 1.29 is 4.74 Å². The highest BCUT2D eigenvalue weighted by Crippen LogP contribution is 2.35. The van der Waals surface area contributed by atoms with Gasteiger partial charge in [0.25, 0.3) is 0 Å². The van der Waals surface area contributed by atoms with Crippen molar-refractivity contribution in [1.29, 1.82) is 0 Å². The van der Waals surface area contributed by atoms with Crippen LogP contribution in [0, 0.1) is 0 Å². The molecule has 0 bridgehead atoms. The lowest BCUT2D eigenvalue weighted by atomic mass is 10.3. The van der Waals surface area contributed by atoms with Gasteiger partial charge in [0, 0.05) is 17.3 Å². The summed E-state index contributed by atoms with van der Waals surface area (Å²) < 4.78 is 5.71. The molecule has 2 rings (SSSR count). The lowest BCUT2D eigenvalue weighted by molar-refractivity contribution is 0.324. The molecule has 21 heavy (non-hydrogen) atoms. The summed E-state index contributed by atoms with van der Waals surface area (Å²) in [6, 6.07) is 13.4. The predicted molar refractivity (Wildman–Crippen MR) is 91.3 cm³/mol. The molecule has 0 spiro atoms. The second kappa shape index (κ2) is 7.79. The quantitative estimate of drug-likeness (QED) is 0.681. The Morgan fingerprint density at radius 1 is 1.00 bits per heavy atom. The van der Waals surface area contributed by atoms with Gasteiger partial charge < -0.3 is 9.64 Å². The van der Waals surface area contributed by atoms with Crippen molar-refractivity contribution >= 4 is 40.5 Å². The molecule has 0 radical (unpaired) electrons. The molecule has 0 aliphatic carbocycles. The minimum absolute atomic E-state index is 0.426. The van der Waals surface area contributed by atoms with E-state index in [-0.39, 0.29) is 0 Å². The standard InChI is InChI=1S/C16H16Cl3NO/c1-2-20(13-6-4-3-5-7-13)8-9-21-16-14(18)10-12(17)11-15(16)19/h3-7,10-11H,2,8-9H2,1H3. The number of hydrogen-bond acceptors (Lipinski definition) is 2. The van der Waals surface area contributed by atoms with E-state index in [2.05, 4.69) is 24.0 Å². The largest absolute Gasteiger partial charge is 0.489 e. The topological polar surface area (TPSA) is 12.5 Å². The summed E-state index contributed by atoms with van der Waals surface area (Å²) in [4.78, 5) is 2.22. The van der Waals surface area contributed by atoms with Crippen LogP contribution in [-0.2, 0) is 0 Å². The first-order chi connectivity index (χ1) is 10.1. The number of para-hydroxylation sites is 1. The molecule has 112 valence electrons. The third-order valence-electron chi connectivity index (χ3n) is 3.07. The van der Waals surface area contributed by atoms with Crippen LogP contribution < -0.4 is 9.64 Å². The van der Waals surface area contributed by atoms with Gasteiger partial charge in [0.1, 0.15) is 6.61 Å². The lowest BCUT2D eigenvalue weighted by Crippen LogP contribution is -2.28. The van der Waals surface area contributed by atoms with Gasteiger partial charge >= 0.3 is 0 Å². The van der Waals surface area contributed by atoms with Gasteiger partial charge in [-0.1, -0.05) is 53.0 Å². The van der Waals surface area contributed by atoms with E-state index >= 15 is 0 Å². The SMILES string of the molecule is CCN(CCOc1c(Cl)cc(Cl)cc1Cl)c1ccccc1. The second-order valence-corrected chi connectivity index (χ2v) is 5.71. The van der Waals surface area contributed by atoms with E-state index in [1.54, 1.807) is 12.1 Å². The van der Waals surface area contributed by atoms with Gasteiger partial charge in [-0.25, -0.2) is 0 Å². The molecule has 0 amide bonds. The number of halogens is 3. The number of hydrogen-bond donors (Lipinski definition) is 0. The fraction of sp³-hybridized carbons (Fsp3) is 0.250. The van der Waals surface area contributed by atoms with Crippen LogP contribution in [0.25, 0.3) is 0 Å². The molecule has 0 heterocycles. The van der Waals surface area contributed by atoms with Crippen LogP contribution in [-0.4, -0.2) is 19.7 Å². The molecular weight excluding hydrogens is 329 g/mol. The third-order valence-corrected chi connectivity index (χ3v) is 3.85. The monoisotopic (exact) mass is 343 g/mol. The first-order valence-electron chi connectivity index (χ1n) is 6.69. The smallest absolute Gasteiger partial charge is 0.156 e. The fourth-order valence-electron chi connectivity index (χ4n) is 2.03. The van der Waals surface area contributed by atoms with E-state index in [1.165, 1.54) is 0 Å². The van der Waals surface area contributed by atoms with E-state index in [0.29, 0.717) is 27.4 Å². The minimum atomic E-state index is 0.426. The molecule has 0 saturated carbocycles. The number of rotatable bonds is 6. The Balaban J connectivity index is 1.98. The maximum Gasteiger partial charge on any atom is 0.156 e. The molecule has 0 unspecified atom stereocenters. The average molecular weight is 345 g/mol. The maximum atomic E-state index is 6.09. The highest BCUT2D eigenvalue weighted by molar-refractivity contribution is 6.40. The maximum absolute atomic E-state index is 6.09. The van der Waals surface area contributed by atoms with Crippen molar-refractivity contribution in [3.05, 3.63) is 57.5 Å². The number of ether oxygens (including phenoxy) is 1. The number of likely N-dealkylation sites (N-methyl/N-ethyl adjacent to an activating group) is 1. The molecule has 5 heteroatoms. The van der Waals surface area contributed by atoms with E-state index in [0.717, 1.165) is 18.8 Å². The normalized spacial score (nSPS) is 10.5. The Bertz CT molecular complexity index is 566. The van der Waals surface area contributed by atoms with E-state index < -0.39 is 0 Å². The zero-order chi connectivity index (χ0) is 15.2. The summed E-state index contributed by atoms with van der Waals surface area (Å²) in [7, 11) is 0. The third kappa shape index (κ3) is 4.44. The van der Waals surface area contributed by atoms with Crippen molar-refractivity contribution in [2.45, 2.75) is 6.92 Å². The van der Waals surface area contributed by atoms with Gasteiger partial charge in [-0.3, -0.25) is 0 Å². The Morgan fingerprint density at radius 2 is 1.62 bits per heavy atom. The van der Waals surface area contributed by atoms with Crippen molar-refractivity contribution in [3.63, 3.8) is 0 Å². The molecule has 2 aromatic rings. The molecular formula is C16H16Cl3NO. The molecule has 0 fully saturated rings. The van der Waals surface area contributed by atoms with Gasteiger partial charge in [0.05, 0.1) is 16.6 Å². The van der Waals surface area contributed by atoms with Crippen LogP contribution in [0.5, 0.6) is 5.75 Å². The zero-order valence-corrected chi connectivity index (χ0v) is 13.9. The number of nitrogens with zero attached hydrogens (tertiary/aromatic N) is 1. The molecule has 2 nitrogen and oxygen atoms in total. The fourth-order valence-corrected chi connectivity index (χ4v) is 2.96. The minimum Gasteiger partial charge on any atom is -0.489 e. The van der Waals surface area contributed by atoms with Gasteiger partial charge in [-0.05, 0) is 31.2 Å². The number of benzene rings is 2. The van der Waals surface area contributed by atoms with Crippen LogP contribution in [0.15, 0.2) is 42.5 Å². The van der Waals surface area contributed by atoms with Gasteiger partial charge in [-0.2, -0.15) is 0 Å². The number of anilines is 1. The summed E-state index contributed by atoms with van der Waals surface area (Å²) in [5.41, 5.74) is 1.16. The van der Waals surface area contributed by atoms with Crippen LogP contribution in [0.4, 0.5) is 5.69 Å². The summed E-state index contributed by atoms with van der Waals surface area (Å²) in [5.74, 6) is 0.479. The summed E-state index contributed by atoms with van der Waals surface area (Å²) in [6.07, 6.45) is 0. The first-order valence-corrected chi connectivity index (χ1v) is 7.82. The predicted octanol–water partition coefficient (Wildman–Crippen LogP) is 5.55. The van der Waals surface area contributed by atoms with Crippen LogP contribution in [0.3, 0.4) is 0 Å². The summed E-state index contributed by atoms with van der Waals surface area (Å²) in [6.45, 7) is 4.24. The van der Waals surface area contributed by atoms with Gasteiger partial charge in [-0.15, -0.1) is 0 Å². The van der Waals surface area contributed by atoms with Crippen molar-refractivity contribution in [2.24, 2.45) is 0 Å². The molecule has 0 aliphatic heterocycles. The van der Waals surface area contributed by atoms with Gasteiger partial charge in [0.15, 0.2) is 5.75 Å². The van der Waals surface area contributed by atoms with E-state index in [9.17, 15) is 0 Å². The van der Waals surface area contributed by atoms with Crippen LogP contribution >= 0.6 is 34.8 Å². The Hall–Kier alpha value is -1.09. The lowest BCUT2D eigenvalue weighted by Gasteiger charge is -2.23. The van der Waals surface area contributed by atoms with Crippen molar-refractivity contribution in [1.82, 2.24) is 0 Å². The first kappa shape index (κ1) is 16.3. The molecule has 0 aliphatic rings. The van der Waals surface area contributed by atoms with Crippen molar-refractivity contribution in [2.75, 3.05) is 24.6 Å². The summed E-state index contributed by atoms with van der Waals surface area (Å²) in [5, 5.41) is 1.35. The average Bonchev–Trinajstić information content (AvgIpc) is 2.46. The molecule has 0 aromatic heterocycles. The summed E-state index contributed by atoms with van der Waals surface area (Å²) >= 11 is 18.1. The van der Waals surface area contributed by atoms with Crippen LogP contribution in [0.1, 0.15) is 6.92 Å². The zero-order valence-electron chi connectivity index (χ0n) is 11.7. The van der Waals surface area contributed by atoms with Gasteiger partial charge in [0.2, 0.25) is 0 Å². The molecule has 0 saturated heterocycles. The molecule has 2 aromatic carbocycles. The van der Waals surface area contributed by atoms with Crippen LogP contribution in [0.2, 0.25) is 15.1 Å². The van der Waals surface area contributed by atoms with E-state index in [1.807, 2.05) is 18.2 Å². The second-order valence-electron chi connectivity index (χ2n) is 4.46. The molecule has 0 atom stereocenters. The van der Waals surface area contributed by atoms with E-state index in [4.69, 9.17) is 39.5 Å². The highest BCUT2D eigenvalue weighted by atomic mass is 35.5.